The predicted molar refractivity (Wildman–Crippen MR) is 76.3 cm³/mol. The number of carbonyl (C=O) groups excluding carboxylic acids is 2. The number of rotatable bonds is 5. The molecule has 2 amide bonds. The number of hydrogen-bond acceptors (Lipinski definition) is 3. The summed E-state index contributed by atoms with van der Waals surface area (Å²) in [5, 5.41) is 1.96. The third-order valence-corrected chi connectivity index (χ3v) is 2.97. The van der Waals surface area contributed by atoms with Gasteiger partial charge in [0, 0.05) is 19.6 Å². The van der Waals surface area contributed by atoms with Crippen LogP contribution in [-0.4, -0.2) is 48.3 Å². The van der Waals surface area contributed by atoms with E-state index in [1.807, 2.05) is 5.32 Å². The van der Waals surface area contributed by atoms with E-state index in [1.54, 1.807) is 34.6 Å². The molecule has 0 aliphatic carbocycles. The highest BCUT2D eigenvalue weighted by molar-refractivity contribution is 5.81. The van der Waals surface area contributed by atoms with E-state index in [-0.39, 0.29) is 12.5 Å². The lowest BCUT2D eigenvalue weighted by Crippen LogP contribution is -2.48. The van der Waals surface area contributed by atoms with Gasteiger partial charge in [-0.1, -0.05) is 13.8 Å². The molecule has 0 spiro atoms. The number of alkyl halides is 3. The summed E-state index contributed by atoms with van der Waals surface area (Å²) < 4.78 is 42.0. The summed E-state index contributed by atoms with van der Waals surface area (Å²) in [6, 6.07) is -0.681. The highest BCUT2D eigenvalue weighted by atomic mass is 19.4. The van der Waals surface area contributed by atoms with Gasteiger partial charge in [-0.25, -0.2) is 4.79 Å². The fraction of sp³-hybridized carbons (Fsp3) is 0.857. The summed E-state index contributed by atoms with van der Waals surface area (Å²) in [6.45, 7) is 8.68. The Morgan fingerprint density at radius 3 is 2.09 bits per heavy atom. The average Bonchev–Trinajstić information content (AvgIpc) is 2.31. The van der Waals surface area contributed by atoms with E-state index in [0.29, 0.717) is 6.42 Å². The molecular formula is C14H25F3N2O3. The van der Waals surface area contributed by atoms with Gasteiger partial charge in [0.15, 0.2) is 0 Å². The fourth-order valence-electron chi connectivity index (χ4n) is 1.87. The van der Waals surface area contributed by atoms with Crippen molar-refractivity contribution in [3.63, 3.8) is 0 Å². The highest BCUT2D eigenvalue weighted by Gasteiger charge is 2.40. The van der Waals surface area contributed by atoms with Crippen molar-refractivity contribution >= 4 is 12.0 Å². The Balaban J connectivity index is 4.63. The van der Waals surface area contributed by atoms with Crippen LogP contribution in [0.1, 0.15) is 41.0 Å². The van der Waals surface area contributed by atoms with Gasteiger partial charge in [0.2, 0.25) is 0 Å². The summed E-state index contributed by atoms with van der Waals surface area (Å²) in [7, 11) is 1.50. The zero-order chi connectivity index (χ0) is 17.7. The number of amides is 2. The van der Waals surface area contributed by atoms with Gasteiger partial charge in [0.25, 0.3) is 0 Å². The minimum absolute atomic E-state index is 0.172. The number of nitrogens with one attached hydrogen (secondary N) is 1. The summed E-state index contributed by atoms with van der Waals surface area (Å²) in [4.78, 5) is 24.1. The average molecular weight is 326 g/mol. The largest absolute Gasteiger partial charge is 0.471 e. The molecule has 0 aliphatic heterocycles. The van der Waals surface area contributed by atoms with Gasteiger partial charge in [-0.2, -0.15) is 13.2 Å². The molecule has 0 heterocycles. The SMILES string of the molecule is CCC(NC(=O)C(F)(F)F)C(C)CN(C)C(=O)OC(C)(C)C. The molecule has 0 saturated heterocycles. The van der Waals surface area contributed by atoms with Crippen LogP contribution in [0.3, 0.4) is 0 Å². The van der Waals surface area contributed by atoms with Gasteiger partial charge >= 0.3 is 18.2 Å². The van der Waals surface area contributed by atoms with Crippen LogP contribution in [0.4, 0.5) is 18.0 Å². The Hall–Kier alpha value is -1.47. The quantitative estimate of drug-likeness (QED) is 0.845. The second-order valence-corrected chi connectivity index (χ2v) is 6.32. The molecule has 0 rings (SSSR count). The highest BCUT2D eigenvalue weighted by Crippen LogP contribution is 2.17. The molecule has 8 heteroatoms. The second kappa shape index (κ2) is 7.69. The number of nitrogens with zero attached hydrogens (tertiary/aromatic N) is 1. The van der Waals surface area contributed by atoms with Crippen molar-refractivity contribution in [2.75, 3.05) is 13.6 Å². The summed E-state index contributed by atoms with van der Waals surface area (Å²) in [6.07, 6.45) is -5.15. The van der Waals surface area contributed by atoms with Gasteiger partial charge < -0.3 is 15.0 Å². The van der Waals surface area contributed by atoms with E-state index >= 15 is 0 Å². The molecule has 2 unspecified atom stereocenters. The van der Waals surface area contributed by atoms with Crippen LogP contribution in [0.2, 0.25) is 0 Å². The van der Waals surface area contributed by atoms with Crippen molar-refractivity contribution in [3.05, 3.63) is 0 Å². The van der Waals surface area contributed by atoms with E-state index in [4.69, 9.17) is 4.74 Å². The Labute approximate surface area is 129 Å². The smallest absolute Gasteiger partial charge is 0.444 e. The molecule has 0 aromatic rings. The lowest BCUT2D eigenvalue weighted by molar-refractivity contribution is -0.174. The Morgan fingerprint density at radius 1 is 1.23 bits per heavy atom. The van der Waals surface area contributed by atoms with Crippen LogP contribution in [0.25, 0.3) is 0 Å². The van der Waals surface area contributed by atoms with Crippen LogP contribution in [-0.2, 0) is 9.53 Å². The van der Waals surface area contributed by atoms with Crippen LogP contribution in [0.15, 0.2) is 0 Å². The predicted octanol–water partition coefficient (Wildman–Crippen LogP) is 2.95. The third-order valence-electron chi connectivity index (χ3n) is 2.97. The molecule has 0 bridgehead atoms. The van der Waals surface area contributed by atoms with Gasteiger partial charge in [0.1, 0.15) is 5.60 Å². The maximum Gasteiger partial charge on any atom is 0.471 e. The van der Waals surface area contributed by atoms with Crippen LogP contribution in [0, 0.1) is 5.92 Å². The molecule has 0 fully saturated rings. The Kier molecular flexibility index (Phi) is 7.18. The van der Waals surface area contributed by atoms with Crippen molar-refractivity contribution < 1.29 is 27.5 Å². The molecule has 0 aliphatic rings. The first-order chi connectivity index (χ1) is 9.77. The van der Waals surface area contributed by atoms with Crippen LogP contribution >= 0.6 is 0 Å². The first kappa shape index (κ1) is 20.5. The molecule has 0 saturated carbocycles. The monoisotopic (exact) mass is 326 g/mol. The number of ether oxygens (including phenoxy) is 1. The third kappa shape index (κ3) is 7.51. The van der Waals surface area contributed by atoms with Crippen molar-refractivity contribution in [1.29, 1.82) is 0 Å². The molecule has 130 valence electrons. The lowest BCUT2D eigenvalue weighted by atomic mass is 9.99. The Bertz CT molecular complexity index is 392. The minimum Gasteiger partial charge on any atom is -0.444 e. The van der Waals surface area contributed by atoms with Gasteiger partial charge in [-0.15, -0.1) is 0 Å². The van der Waals surface area contributed by atoms with Crippen LogP contribution in [0.5, 0.6) is 0 Å². The second-order valence-electron chi connectivity index (χ2n) is 6.32. The maximum absolute atomic E-state index is 12.3. The van der Waals surface area contributed by atoms with E-state index < -0.39 is 29.8 Å². The summed E-state index contributed by atoms with van der Waals surface area (Å²) in [5.74, 6) is -2.32. The molecule has 0 aromatic carbocycles. The molecule has 0 aromatic heterocycles. The molecule has 1 N–H and O–H groups in total. The van der Waals surface area contributed by atoms with Crippen molar-refractivity contribution in [3.8, 4) is 0 Å². The first-order valence-corrected chi connectivity index (χ1v) is 7.09. The molecular weight excluding hydrogens is 301 g/mol. The number of halogens is 3. The van der Waals surface area contributed by atoms with E-state index in [0.717, 1.165) is 0 Å². The van der Waals surface area contributed by atoms with E-state index in [2.05, 4.69) is 0 Å². The lowest BCUT2D eigenvalue weighted by Gasteiger charge is -2.30. The normalized spacial score (nSPS) is 15.0. The fourth-order valence-corrected chi connectivity index (χ4v) is 1.87. The Morgan fingerprint density at radius 2 is 1.73 bits per heavy atom. The summed E-state index contributed by atoms with van der Waals surface area (Å²) in [5.41, 5.74) is -0.650. The zero-order valence-corrected chi connectivity index (χ0v) is 13.9. The molecule has 0 radical (unpaired) electrons. The first-order valence-electron chi connectivity index (χ1n) is 7.09. The van der Waals surface area contributed by atoms with E-state index in [9.17, 15) is 22.8 Å². The zero-order valence-electron chi connectivity index (χ0n) is 13.9. The summed E-state index contributed by atoms with van der Waals surface area (Å²) >= 11 is 0. The van der Waals surface area contributed by atoms with Gasteiger partial charge in [-0.05, 0) is 33.1 Å². The van der Waals surface area contributed by atoms with Crippen molar-refractivity contribution in [2.45, 2.75) is 58.9 Å². The van der Waals surface area contributed by atoms with Crippen LogP contribution < -0.4 is 5.32 Å². The molecule has 2 atom stereocenters. The standard InChI is InChI=1S/C14H25F3N2O3/c1-7-10(18-11(20)14(15,16)17)9(2)8-19(6)12(21)22-13(3,4)5/h9-10H,7-8H2,1-6H3,(H,18,20). The molecule has 5 nitrogen and oxygen atoms in total. The molecule has 22 heavy (non-hydrogen) atoms. The number of carbonyl (C=O) groups is 2. The van der Waals surface area contributed by atoms with E-state index in [1.165, 1.54) is 11.9 Å². The van der Waals surface area contributed by atoms with Crippen molar-refractivity contribution in [1.82, 2.24) is 10.2 Å². The maximum atomic E-state index is 12.3. The van der Waals surface area contributed by atoms with Gasteiger partial charge in [0.05, 0.1) is 0 Å². The van der Waals surface area contributed by atoms with Gasteiger partial charge in [-0.3, -0.25) is 4.79 Å². The number of hydrogen-bond donors (Lipinski definition) is 1. The topological polar surface area (TPSA) is 58.6 Å². The van der Waals surface area contributed by atoms with Crippen molar-refractivity contribution in [2.24, 2.45) is 5.92 Å². The minimum atomic E-state index is -4.91.